The number of hydrogen-bond donors (Lipinski definition) is 0. The first-order valence-corrected chi connectivity index (χ1v) is 13.1. The molecule has 0 N–H and O–H groups in total. The van der Waals surface area contributed by atoms with Crippen molar-refractivity contribution in [3.05, 3.63) is 71.0 Å². The van der Waals surface area contributed by atoms with Gasteiger partial charge in [-0.1, -0.05) is 41.0 Å². The summed E-state index contributed by atoms with van der Waals surface area (Å²) in [5.74, 6) is 1.27. The Kier molecular flexibility index (Phi) is 8.47. The second-order valence-electron chi connectivity index (χ2n) is 9.97. The van der Waals surface area contributed by atoms with Gasteiger partial charge >= 0.3 is 5.97 Å². The van der Waals surface area contributed by atoms with Crippen molar-refractivity contribution in [3.63, 3.8) is 0 Å². The van der Waals surface area contributed by atoms with Gasteiger partial charge in [0.2, 0.25) is 5.82 Å². The van der Waals surface area contributed by atoms with Crippen LogP contribution >= 0.6 is 11.6 Å². The van der Waals surface area contributed by atoms with Crippen molar-refractivity contribution in [2.24, 2.45) is 0 Å². The Hall–Kier alpha value is -3.71. The van der Waals surface area contributed by atoms with Gasteiger partial charge in [0.15, 0.2) is 0 Å². The summed E-state index contributed by atoms with van der Waals surface area (Å²) in [6.45, 7) is 10.1. The lowest BCUT2D eigenvalue weighted by Gasteiger charge is -2.19. The maximum atomic E-state index is 11.9. The van der Waals surface area contributed by atoms with Crippen LogP contribution in [0.5, 0.6) is 5.75 Å². The van der Waals surface area contributed by atoms with Crippen LogP contribution in [-0.4, -0.2) is 33.3 Å². The normalized spacial score (nSPS) is 11.4. The molecular weight excluding hydrogens is 502 g/mol. The highest BCUT2D eigenvalue weighted by Gasteiger charge is 2.18. The minimum atomic E-state index is -0.494. The van der Waals surface area contributed by atoms with Crippen LogP contribution in [0.25, 0.3) is 34.0 Å². The molecule has 0 spiro atoms. The molecule has 0 aliphatic heterocycles. The number of nitrogens with zero attached hydrogens (tertiary/aromatic N) is 3. The molecule has 0 aliphatic rings. The van der Waals surface area contributed by atoms with Gasteiger partial charge in [-0.05, 0) is 82.9 Å². The molecule has 8 heteroatoms. The zero-order valence-electron chi connectivity index (χ0n) is 22.4. The summed E-state index contributed by atoms with van der Waals surface area (Å²) < 4.78 is 16.9. The van der Waals surface area contributed by atoms with Crippen molar-refractivity contribution in [1.29, 1.82) is 0 Å². The topological polar surface area (TPSA) is 87.3 Å². The molecule has 2 heterocycles. The minimum absolute atomic E-state index is 0.232. The maximum Gasteiger partial charge on any atom is 0.306 e. The zero-order valence-corrected chi connectivity index (χ0v) is 23.1. The summed E-state index contributed by atoms with van der Waals surface area (Å²) in [6.07, 6.45) is 3.12. The van der Waals surface area contributed by atoms with Crippen LogP contribution in [0, 0.1) is 6.92 Å². The zero-order chi connectivity index (χ0) is 27.3. The van der Waals surface area contributed by atoms with Gasteiger partial charge in [0.1, 0.15) is 11.4 Å². The predicted molar refractivity (Wildman–Crippen MR) is 148 cm³/mol. The lowest BCUT2D eigenvalue weighted by Crippen LogP contribution is -2.23. The summed E-state index contributed by atoms with van der Waals surface area (Å²) in [6, 6.07) is 15.8. The number of carbonyl (C=O) groups excluding carboxylic acids is 1. The van der Waals surface area contributed by atoms with Crippen LogP contribution in [0.1, 0.15) is 51.8 Å². The molecule has 0 amide bonds. The summed E-state index contributed by atoms with van der Waals surface area (Å²) in [7, 11) is 0. The first-order valence-electron chi connectivity index (χ1n) is 12.7. The Morgan fingerprint density at radius 1 is 1.05 bits per heavy atom. The highest BCUT2D eigenvalue weighted by Crippen LogP contribution is 2.36. The molecular formula is C30H32ClN3O4. The number of esters is 1. The molecule has 0 aliphatic carbocycles. The smallest absolute Gasteiger partial charge is 0.306 e. The summed E-state index contributed by atoms with van der Waals surface area (Å²) in [4.78, 5) is 21.0. The van der Waals surface area contributed by atoms with Gasteiger partial charge < -0.3 is 14.0 Å². The molecule has 0 saturated carbocycles. The largest absolute Gasteiger partial charge is 0.493 e. The van der Waals surface area contributed by atoms with E-state index in [4.69, 9.17) is 25.6 Å². The molecule has 0 unspecified atom stereocenters. The van der Waals surface area contributed by atoms with Crippen molar-refractivity contribution < 1.29 is 18.8 Å². The van der Waals surface area contributed by atoms with Gasteiger partial charge in [0.05, 0.1) is 17.3 Å². The number of benzene rings is 2. The lowest BCUT2D eigenvalue weighted by atomic mass is 9.98. The molecule has 0 atom stereocenters. The number of aromatic nitrogens is 3. The average molecular weight is 534 g/mol. The summed E-state index contributed by atoms with van der Waals surface area (Å²) >= 11 is 6.49. The van der Waals surface area contributed by atoms with E-state index < -0.39 is 5.60 Å². The van der Waals surface area contributed by atoms with Crippen LogP contribution in [0.3, 0.4) is 0 Å². The van der Waals surface area contributed by atoms with Crippen molar-refractivity contribution in [1.82, 2.24) is 15.1 Å². The fourth-order valence-electron chi connectivity index (χ4n) is 4.05. The Bertz CT molecular complexity index is 1430. The third kappa shape index (κ3) is 6.78. The third-order valence-corrected chi connectivity index (χ3v) is 6.11. The molecule has 0 bridgehead atoms. The fraction of sp³-hybridized carbons (Fsp3) is 0.333. The van der Waals surface area contributed by atoms with Gasteiger partial charge in [-0.25, -0.2) is 0 Å². The predicted octanol–water partition coefficient (Wildman–Crippen LogP) is 7.49. The number of halogens is 1. The highest BCUT2D eigenvalue weighted by atomic mass is 35.5. The number of carbonyl (C=O) groups is 1. The van der Waals surface area contributed by atoms with E-state index in [-0.39, 0.29) is 5.97 Å². The Morgan fingerprint density at radius 3 is 2.55 bits per heavy atom. The lowest BCUT2D eigenvalue weighted by molar-refractivity contribution is -0.154. The van der Waals surface area contributed by atoms with Gasteiger partial charge in [-0.15, -0.1) is 0 Å². The van der Waals surface area contributed by atoms with Crippen molar-refractivity contribution >= 4 is 17.6 Å². The van der Waals surface area contributed by atoms with E-state index in [9.17, 15) is 4.79 Å². The van der Waals surface area contributed by atoms with Crippen LogP contribution in [0.15, 0.2) is 59.3 Å². The fourth-order valence-corrected chi connectivity index (χ4v) is 4.31. The van der Waals surface area contributed by atoms with Crippen LogP contribution in [0.4, 0.5) is 0 Å². The number of aryl methyl sites for hydroxylation is 2. The molecule has 0 saturated heterocycles. The first kappa shape index (κ1) is 27.3. The van der Waals surface area contributed by atoms with E-state index in [0.717, 1.165) is 22.4 Å². The summed E-state index contributed by atoms with van der Waals surface area (Å²) in [5.41, 5.74) is 4.89. The van der Waals surface area contributed by atoms with E-state index in [2.05, 4.69) is 34.2 Å². The van der Waals surface area contributed by atoms with Gasteiger partial charge in [-0.2, -0.15) is 4.98 Å². The molecule has 7 nitrogen and oxygen atoms in total. The molecule has 38 heavy (non-hydrogen) atoms. The number of pyridine rings is 1. The third-order valence-electron chi connectivity index (χ3n) is 5.78. The van der Waals surface area contributed by atoms with Crippen molar-refractivity contribution in [3.8, 4) is 39.7 Å². The molecule has 0 radical (unpaired) electrons. The standard InChI is InChI=1S/C30H32ClN3O4/c1-6-36-26-17-20(14-15-23(26)22-11-8-7-10-19(22)2)29-33-28(34-38-29)21-16-24(31)25(32-18-21)12-9-13-27(35)37-30(3,4)5/h7-8,10-11,14-18H,6,9,12-13H2,1-5H3. The monoisotopic (exact) mass is 533 g/mol. The van der Waals surface area contributed by atoms with E-state index in [1.165, 1.54) is 5.56 Å². The Labute approximate surface area is 228 Å². The molecule has 198 valence electrons. The molecule has 4 aromatic rings. The number of ether oxygens (including phenoxy) is 2. The summed E-state index contributed by atoms with van der Waals surface area (Å²) in [5, 5.41) is 4.62. The van der Waals surface area contributed by atoms with Crippen LogP contribution in [0.2, 0.25) is 5.02 Å². The van der Waals surface area contributed by atoms with E-state index in [1.54, 1.807) is 12.3 Å². The quantitative estimate of drug-likeness (QED) is 0.206. The highest BCUT2D eigenvalue weighted by molar-refractivity contribution is 6.31. The maximum absolute atomic E-state index is 11.9. The average Bonchev–Trinajstić information content (AvgIpc) is 3.35. The van der Waals surface area contributed by atoms with Crippen LogP contribution in [-0.2, 0) is 16.0 Å². The van der Waals surface area contributed by atoms with Gasteiger partial charge in [-0.3, -0.25) is 9.78 Å². The van der Waals surface area contributed by atoms with Crippen molar-refractivity contribution in [2.45, 2.75) is 59.5 Å². The number of rotatable bonds is 9. The molecule has 0 fully saturated rings. The Balaban J connectivity index is 1.49. The van der Waals surface area contributed by atoms with Gasteiger partial charge in [0.25, 0.3) is 5.89 Å². The van der Waals surface area contributed by atoms with E-state index >= 15 is 0 Å². The first-order chi connectivity index (χ1) is 18.1. The Morgan fingerprint density at radius 2 is 1.84 bits per heavy atom. The van der Waals surface area contributed by atoms with Gasteiger partial charge in [0, 0.05) is 29.3 Å². The van der Waals surface area contributed by atoms with Crippen LogP contribution < -0.4 is 4.74 Å². The molecule has 2 aromatic carbocycles. The molecule has 2 aromatic heterocycles. The van der Waals surface area contributed by atoms with E-state index in [1.807, 2.05) is 58.0 Å². The van der Waals surface area contributed by atoms with Crippen molar-refractivity contribution in [2.75, 3.05) is 6.61 Å². The molecule has 4 rings (SSSR count). The SMILES string of the molecule is CCOc1cc(-c2nc(-c3cnc(CCCC(=O)OC(C)(C)C)c(Cl)c3)no2)ccc1-c1ccccc1C. The van der Waals surface area contributed by atoms with E-state index in [0.29, 0.717) is 53.9 Å². The second-order valence-corrected chi connectivity index (χ2v) is 10.4. The number of hydrogen-bond acceptors (Lipinski definition) is 7. The minimum Gasteiger partial charge on any atom is -0.493 e. The second kappa shape index (κ2) is 11.8.